The average Bonchev–Trinajstić information content (AvgIpc) is 2.52. The van der Waals surface area contributed by atoms with Crippen molar-refractivity contribution in [3.63, 3.8) is 0 Å². The maximum Gasteiger partial charge on any atom is 0.342 e. The lowest BCUT2D eigenvalue weighted by atomic mass is 10.2. The van der Waals surface area contributed by atoms with E-state index in [-0.39, 0.29) is 5.97 Å². The van der Waals surface area contributed by atoms with Crippen LogP contribution in [0.25, 0.3) is 0 Å². The van der Waals surface area contributed by atoms with E-state index in [1.807, 2.05) is 26.0 Å². The number of unbranched alkanes of at least 4 members (excludes halogenated alkanes) is 3. The Balaban J connectivity index is 2.58. The van der Waals surface area contributed by atoms with Crippen LogP contribution in [-0.4, -0.2) is 30.7 Å². The number of esters is 1. The van der Waals surface area contributed by atoms with Crippen LogP contribution in [0.1, 0.15) is 56.8 Å². The summed E-state index contributed by atoms with van der Waals surface area (Å²) in [7, 11) is 0. The summed E-state index contributed by atoms with van der Waals surface area (Å²) in [6.07, 6.45) is 4.37. The van der Waals surface area contributed by atoms with Gasteiger partial charge in [-0.05, 0) is 32.4 Å². The van der Waals surface area contributed by atoms with Crippen molar-refractivity contribution in [1.29, 1.82) is 0 Å². The van der Waals surface area contributed by atoms with Gasteiger partial charge in [-0.25, -0.2) is 4.79 Å². The Morgan fingerprint density at radius 1 is 1.05 bits per heavy atom. The summed E-state index contributed by atoms with van der Waals surface area (Å²) < 4.78 is 5.33. The normalized spacial score (nSPS) is 10.7. The first-order chi connectivity index (χ1) is 10.2. The van der Waals surface area contributed by atoms with E-state index in [0.29, 0.717) is 17.9 Å². The summed E-state index contributed by atoms with van der Waals surface area (Å²) in [4.78, 5) is 17.9. The summed E-state index contributed by atoms with van der Waals surface area (Å²) in [5.41, 5.74) is 0.486. The fourth-order valence-electron chi connectivity index (χ4n) is 1.98. The van der Waals surface area contributed by atoms with Gasteiger partial charge in [-0.3, -0.25) is 0 Å². The van der Waals surface area contributed by atoms with Crippen molar-refractivity contribution < 1.29 is 14.4 Å². The van der Waals surface area contributed by atoms with Gasteiger partial charge in [0.25, 0.3) is 0 Å². The van der Waals surface area contributed by atoms with E-state index in [1.165, 1.54) is 12.8 Å². The van der Waals surface area contributed by atoms with Crippen molar-refractivity contribution >= 4 is 5.97 Å². The molecule has 4 nitrogen and oxygen atoms in total. The van der Waals surface area contributed by atoms with E-state index in [1.54, 1.807) is 17.2 Å². The molecule has 0 bridgehead atoms. The van der Waals surface area contributed by atoms with Gasteiger partial charge in [0.15, 0.2) is 5.75 Å². The predicted molar refractivity (Wildman–Crippen MR) is 84.4 cm³/mol. The topological polar surface area (TPSA) is 38.8 Å². The SMILES string of the molecule is CCCCCCOC(=O)c1ccccc1ON(CC)CC. The van der Waals surface area contributed by atoms with Crippen molar-refractivity contribution in [2.24, 2.45) is 0 Å². The molecule has 21 heavy (non-hydrogen) atoms. The molecule has 0 aromatic heterocycles. The lowest BCUT2D eigenvalue weighted by Gasteiger charge is -2.20. The number of ether oxygens (including phenoxy) is 1. The Kier molecular flexibility index (Phi) is 8.51. The van der Waals surface area contributed by atoms with Crippen LogP contribution in [0, 0.1) is 0 Å². The molecule has 0 aliphatic rings. The molecule has 0 spiro atoms. The van der Waals surface area contributed by atoms with Crippen LogP contribution in [-0.2, 0) is 4.74 Å². The minimum absolute atomic E-state index is 0.311. The van der Waals surface area contributed by atoms with Gasteiger partial charge in [0, 0.05) is 13.1 Å². The fraction of sp³-hybridized carbons (Fsp3) is 0.588. The van der Waals surface area contributed by atoms with Crippen molar-refractivity contribution in [2.75, 3.05) is 19.7 Å². The monoisotopic (exact) mass is 293 g/mol. The molecule has 0 heterocycles. The average molecular weight is 293 g/mol. The molecular formula is C17H27NO3. The third-order valence-corrected chi connectivity index (χ3v) is 3.27. The molecule has 0 amide bonds. The Bertz CT molecular complexity index is 416. The highest BCUT2D eigenvalue weighted by Gasteiger charge is 2.15. The number of hydrogen-bond acceptors (Lipinski definition) is 4. The predicted octanol–water partition coefficient (Wildman–Crippen LogP) is 4.06. The molecule has 1 aromatic carbocycles. The summed E-state index contributed by atoms with van der Waals surface area (Å²) in [5, 5.41) is 1.80. The zero-order valence-electron chi connectivity index (χ0n) is 13.4. The van der Waals surface area contributed by atoms with Crippen LogP contribution in [0.4, 0.5) is 0 Å². The van der Waals surface area contributed by atoms with E-state index < -0.39 is 0 Å². The zero-order chi connectivity index (χ0) is 15.5. The quantitative estimate of drug-likeness (QED) is 0.370. The van der Waals surface area contributed by atoms with E-state index in [9.17, 15) is 4.79 Å². The van der Waals surface area contributed by atoms with E-state index >= 15 is 0 Å². The highest BCUT2D eigenvalue weighted by atomic mass is 16.7. The molecule has 0 saturated carbocycles. The van der Waals surface area contributed by atoms with Crippen LogP contribution < -0.4 is 4.84 Å². The van der Waals surface area contributed by atoms with Crippen molar-refractivity contribution in [3.05, 3.63) is 29.8 Å². The number of hydroxylamine groups is 2. The Morgan fingerprint density at radius 2 is 1.76 bits per heavy atom. The second-order valence-corrected chi connectivity index (χ2v) is 4.90. The van der Waals surface area contributed by atoms with Gasteiger partial charge in [-0.2, -0.15) is 0 Å². The Labute approximate surface area is 128 Å². The number of para-hydroxylation sites is 1. The van der Waals surface area contributed by atoms with Crippen molar-refractivity contribution in [3.8, 4) is 5.75 Å². The van der Waals surface area contributed by atoms with Gasteiger partial charge in [-0.15, -0.1) is 5.06 Å². The molecule has 1 rings (SSSR count). The summed E-state index contributed by atoms with van der Waals surface area (Å²) in [6, 6.07) is 7.22. The number of hydrogen-bond donors (Lipinski definition) is 0. The van der Waals surface area contributed by atoms with Crippen LogP contribution in [0.3, 0.4) is 0 Å². The van der Waals surface area contributed by atoms with Crippen molar-refractivity contribution in [1.82, 2.24) is 5.06 Å². The molecule has 0 unspecified atom stereocenters. The fourth-order valence-corrected chi connectivity index (χ4v) is 1.98. The number of carbonyl (C=O) groups excluding carboxylic acids is 1. The third-order valence-electron chi connectivity index (χ3n) is 3.27. The van der Waals surface area contributed by atoms with Crippen LogP contribution in [0.5, 0.6) is 5.75 Å². The van der Waals surface area contributed by atoms with Gasteiger partial charge in [0.05, 0.1) is 6.61 Å². The molecule has 0 N–H and O–H groups in total. The second kappa shape index (κ2) is 10.2. The van der Waals surface area contributed by atoms with Gasteiger partial charge in [0.1, 0.15) is 5.56 Å². The highest BCUT2D eigenvalue weighted by molar-refractivity contribution is 5.92. The lowest BCUT2D eigenvalue weighted by molar-refractivity contribution is -0.0496. The van der Waals surface area contributed by atoms with Crippen molar-refractivity contribution in [2.45, 2.75) is 46.5 Å². The molecule has 4 heteroatoms. The number of benzene rings is 1. The van der Waals surface area contributed by atoms with Crippen LogP contribution in [0.15, 0.2) is 24.3 Å². The number of nitrogens with zero attached hydrogens (tertiary/aromatic N) is 1. The smallest absolute Gasteiger partial charge is 0.342 e. The van der Waals surface area contributed by atoms with Crippen LogP contribution >= 0.6 is 0 Å². The Morgan fingerprint density at radius 3 is 2.43 bits per heavy atom. The van der Waals surface area contributed by atoms with Gasteiger partial charge >= 0.3 is 5.97 Å². The molecule has 118 valence electrons. The first-order valence-electron chi connectivity index (χ1n) is 7.91. The first-order valence-corrected chi connectivity index (χ1v) is 7.91. The molecule has 0 fully saturated rings. The van der Waals surface area contributed by atoms with Crippen LogP contribution in [0.2, 0.25) is 0 Å². The third kappa shape index (κ3) is 6.17. The molecule has 0 atom stereocenters. The van der Waals surface area contributed by atoms with Gasteiger partial charge in [-0.1, -0.05) is 38.3 Å². The number of rotatable bonds is 10. The second-order valence-electron chi connectivity index (χ2n) is 4.90. The number of carbonyl (C=O) groups is 1. The van der Waals surface area contributed by atoms with E-state index in [2.05, 4.69) is 6.92 Å². The van der Waals surface area contributed by atoms with E-state index in [0.717, 1.165) is 25.9 Å². The molecule has 0 aliphatic carbocycles. The minimum Gasteiger partial charge on any atom is -0.462 e. The minimum atomic E-state index is -0.311. The van der Waals surface area contributed by atoms with Gasteiger partial charge < -0.3 is 9.57 Å². The molecular weight excluding hydrogens is 266 g/mol. The van der Waals surface area contributed by atoms with E-state index in [4.69, 9.17) is 9.57 Å². The van der Waals surface area contributed by atoms with Gasteiger partial charge in [0.2, 0.25) is 0 Å². The zero-order valence-corrected chi connectivity index (χ0v) is 13.4. The highest BCUT2D eigenvalue weighted by Crippen LogP contribution is 2.20. The standard InChI is InChI=1S/C17H27NO3/c1-4-7-8-11-14-20-17(19)15-12-9-10-13-16(15)21-18(5-2)6-3/h9-10,12-13H,4-8,11,14H2,1-3H3. The maximum atomic E-state index is 12.1. The largest absolute Gasteiger partial charge is 0.462 e. The molecule has 1 aromatic rings. The summed E-state index contributed by atoms with van der Waals surface area (Å²) in [5.74, 6) is 0.244. The summed E-state index contributed by atoms with van der Waals surface area (Å²) >= 11 is 0. The lowest BCUT2D eigenvalue weighted by Crippen LogP contribution is -2.27. The molecule has 0 radical (unpaired) electrons. The Hall–Kier alpha value is -1.55. The first kappa shape index (κ1) is 17.5. The molecule has 0 aliphatic heterocycles. The molecule has 0 saturated heterocycles. The maximum absolute atomic E-state index is 12.1. The summed E-state index contributed by atoms with van der Waals surface area (Å²) in [6.45, 7) is 8.18.